The highest BCUT2D eigenvalue weighted by Gasteiger charge is 2.36. The Kier molecular flexibility index (Phi) is 5.81. The second kappa shape index (κ2) is 8.69. The molecule has 1 aliphatic heterocycles. The molecule has 0 aliphatic carbocycles. The number of rotatable bonds is 5. The van der Waals surface area contributed by atoms with Crippen LogP contribution in [0.5, 0.6) is 0 Å². The van der Waals surface area contributed by atoms with E-state index >= 15 is 0 Å². The van der Waals surface area contributed by atoms with Crippen LogP contribution in [0.2, 0.25) is 0 Å². The number of nitrogens with zero attached hydrogens (tertiary/aromatic N) is 3. The second-order valence-electron chi connectivity index (χ2n) is 7.31. The average molecular weight is 435 g/mol. The van der Waals surface area contributed by atoms with Gasteiger partial charge in [0.1, 0.15) is 0 Å². The molecule has 1 N–H and O–H groups in total. The van der Waals surface area contributed by atoms with Crippen LogP contribution < -0.4 is 4.83 Å². The Balaban J connectivity index is 1.65. The van der Waals surface area contributed by atoms with Crippen molar-refractivity contribution in [3.63, 3.8) is 0 Å². The van der Waals surface area contributed by atoms with Crippen molar-refractivity contribution in [1.82, 2.24) is 14.7 Å². The number of hydrazone groups is 1. The summed E-state index contributed by atoms with van der Waals surface area (Å²) in [6.45, 7) is 2.32. The van der Waals surface area contributed by atoms with Crippen LogP contribution in [-0.2, 0) is 10.0 Å². The number of amides is 1. The molecule has 1 amide bonds. The van der Waals surface area contributed by atoms with Gasteiger partial charge in [-0.1, -0.05) is 42.0 Å². The standard InChI is InChI=1S/C23H22N4O3S/c1-17-9-11-20(12-10-17)31(29,30)26-25-21-13-15-27(22(21)19-8-5-14-24-16-19)23(28)18-6-3-2-4-7-18/h2-12,14,16,22,26H,13,15H2,1H3/b25-21-. The molecule has 2 heterocycles. The Labute approximate surface area is 181 Å². The van der Waals surface area contributed by atoms with Gasteiger partial charge in [0.05, 0.1) is 16.6 Å². The smallest absolute Gasteiger partial charge is 0.276 e. The lowest BCUT2D eigenvalue weighted by Gasteiger charge is -2.25. The van der Waals surface area contributed by atoms with E-state index in [1.54, 1.807) is 47.6 Å². The molecule has 1 aliphatic rings. The van der Waals surface area contributed by atoms with Gasteiger partial charge in [-0.05, 0) is 42.8 Å². The molecule has 0 spiro atoms. The number of sulfonamides is 1. The van der Waals surface area contributed by atoms with Gasteiger partial charge < -0.3 is 4.90 Å². The topological polar surface area (TPSA) is 91.7 Å². The highest BCUT2D eigenvalue weighted by atomic mass is 32.2. The lowest BCUT2D eigenvalue weighted by Crippen LogP contribution is -2.33. The summed E-state index contributed by atoms with van der Waals surface area (Å²) in [6, 6.07) is 18.7. The van der Waals surface area contributed by atoms with Crippen LogP contribution in [0.4, 0.5) is 0 Å². The number of nitrogens with one attached hydrogen (secondary N) is 1. The first-order valence-corrected chi connectivity index (χ1v) is 11.3. The molecule has 31 heavy (non-hydrogen) atoms. The highest BCUT2D eigenvalue weighted by molar-refractivity contribution is 7.89. The lowest BCUT2D eigenvalue weighted by atomic mass is 10.0. The zero-order valence-electron chi connectivity index (χ0n) is 17.0. The summed E-state index contributed by atoms with van der Waals surface area (Å²) in [7, 11) is -3.82. The van der Waals surface area contributed by atoms with Gasteiger partial charge in [0.25, 0.3) is 15.9 Å². The van der Waals surface area contributed by atoms with E-state index in [4.69, 9.17) is 0 Å². The predicted molar refractivity (Wildman–Crippen MR) is 118 cm³/mol. The highest BCUT2D eigenvalue weighted by Crippen LogP contribution is 2.31. The van der Waals surface area contributed by atoms with E-state index in [9.17, 15) is 13.2 Å². The van der Waals surface area contributed by atoms with E-state index in [2.05, 4.69) is 14.9 Å². The first-order chi connectivity index (χ1) is 15.0. The monoisotopic (exact) mass is 434 g/mol. The summed E-state index contributed by atoms with van der Waals surface area (Å²) in [5.74, 6) is -0.138. The summed E-state index contributed by atoms with van der Waals surface area (Å²) in [4.78, 5) is 21.5. The number of benzene rings is 2. The summed E-state index contributed by atoms with van der Waals surface area (Å²) in [5.41, 5.74) is 2.87. The van der Waals surface area contributed by atoms with Crippen LogP contribution in [-0.4, -0.2) is 36.5 Å². The molecular formula is C23H22N4O3S. The fourth-order valence-electron chi connectivity index (χ4n) is 3.56. The summed E-state index contributed by atoms with van der Waals surface area (Å²) in [5, 5.41) is 4.23. The normalized spacial score (nSPS) is 17.6. The van der Waals surface area contributed by atoms with E-state index < -0.39 is 16.1 Å². The molecule has 1 unspecified atom stereocenters. The van der Waals surface area contributed by atoms with Gasteiger partial charge in [0, 0.05) is 30.9 Å². The van der Waals surface area contributed by atoms with Gasteiger partial charge in [0.2, 0.25) is 0 Å². The van der Waals surface area contributed by atoms with Crippen LogP contribution in [0.15, 0.2) is 89.1 Å². The molecule has 0 saturated carbocycles. The largest absolute Gasteiger partial charge is 0.326 e. The second-order valence-corrected chi connectivity index (χ2v) is 8.98. The third-order valence-electron chi connectivity index (χ3n) is 5.16. The maximum absolute atomic E-state index is 13.1. The molecule has 1 aromatic heterocycles. The van der Waals surface area contributed by atoms with Gasteiger partial charge in [-0.2, -0.15) is 13.5 Å². The molecule has 1 fully saturated rings. The number of aryl methyl sites for hydroxylation is 1. The van der Waals surface area contributed by atoms with Gasteiger partial charge in [-0.3, -0.25) is 9.78 Å². The van der Waals surface area contributed by atoms with Crippen molar-refractivity contribution in [2.45, 2.75) is 24.3 Å². The molecule has 2 aromatic carbocycles. The molecule has 4 rings (SSSR count). The summed E-state index contributed by atoms with van der Waals surface area (Å²) >= 11 is 0. The predicted octanol–water partition coefficient (Wildman–Crippen LogP) is 3.31. The van der Waals surface area contributed by atoms with Crippen LogP contribution in [0.1, 0.15) is 33.9 Å². The minimum absolute atomic E-state index is 0.135. The molecule has 158 valence electrons. The maximum atomic E-state index is 13.1. The van der Waals surface area contributed by atoms with E-state index in [-0.39, 0.29) is 10.8 Å². The Hall–Kier alpha value is -3.52. The molecule has 3 aromatic rings. The fourth-order valence-corrected chi connectivity index (χ4v) is 4.40. The molecule has 1 atom stereocenters. The van der Waals surface area contributed by atoms with Crippen LogP contribution in [0.25, 0.3) is 0 Å². The minimum atomic E-state index is -3.82. The molecule has 1 saturated heterocycles. The van der Waals surface area contributed by atoms with Crippen molar-refractivity contribution >= 4 is 21.6 Å². The third kappa shape index (κ3) is 4.49. The first-order valence-electron chi connectivity index (χ1n) is 9.86. The quantitative estimate of drug-likeness (QED) is 0.624. The number of carbonyl (C=O) groups is 1. The molecule has 0 radical (unpaired) electrons. The minimum Gasteiger partial charge on any atom is -0.326 e. The van der Waals surface area contributed by atoms with Crippen molar-refractivity contribution < 1.29 is 13.2 Å². The Morgan fingerprint density at radius 1 is 1.06 bits per heavy atom. The molecule has 0 bridgehead atoms. The van der Waals surface area contributed by atoms with Crippen LogP contribution in [0.3, 0.4) is 0 Å². The Morgan fingerprint density at radius 3 is 2.48 bits per heavy atom. The number of likely N-dealkylation sites (tertiary alicyclic amines) is 1. The number of hydrogen-bond acceptors (Lipinski definition) is 5. The zero-order chi connectivity index (χ0) is 21.8. The van der Waals surface area contributed by atoms with E-state index in [0.29, 0.717) is 24.2 Å². The van der Waals surface area contributed by atoms with E-state index in [0.717, 1.165) is 11.1 Å². The zero-order valence-corrected chi connectivity index (χ0v) is 17.8. The number of carbonyl (C=O) groups excluding carboxylic acids is 1. The van der Waals surface area contributed by atoms with Crippen molar-refractivity contribution in [1.29, 1.82) is 0 Å². The summed E-state index contributed by atoms with van der Waals surface area (Å²) in [6.07, 6.45) is 3.78. The molecule has 7 nitrogen and oxygen atoms in total. The maximum Gasteiger partial charge on any atom is 0.276 e. The van der Waals surface area contributed by atoms with Crippen molar-refractivity contribution in [3.8, 4) is 0 Å². The Morgan fingerprint density at radius 2 is 1.81 bits per heavy atom. The lowest BCUT2D eigenvalue weighted by molar-refractivity contribution is 0.0752. The number of hydrogen-bond donors (Lipinski definition) is 1. The van der Waals surface area contributed by atoms with Crippen molar-refractivity contribution in [3.05, 3.63) is 95.8 Å². The fraction of sp³-hybridized carbons (Fsp3) is 0.174. The van der Waals surface area contributed by atoms with Gasteiger partial charge in [-0.25, -0.2) is 4.83 Å². The Bertz CT molecular complexity index is 1190. The van der Waals surface area contributed by atoms with Crippen molar-refractivity contribution in [2.75, 3.05) is 6.54 Å². The summed E-state index contributed by atoms with van der Waals surface area (Å²) < 4.78 is 25.3. The van der Waals surface area contributed by atoms with Gasteiger partial charge >= 0.3 is 0 Å². The third-order valence-corrected chi connectivity index (χ3v) is 6.38. The van der Waals surface area contributed by atoms with Crippen LogP contribution in [0, 0.1) is 6.92 Å². The average Bonchev–Trinajstić information content (AvgIpc) is 3.23. The van der Waals surface area contributed by atoms with E-state index in [1.165, 1.54) is 12.1 Å². The number of aromatic nitrogens is 1. The van der Waals surface area contributed by atoms with Gasteiger partial charge in [-0.15, -0.1) is 0 Å². The van der Waals surface area contributed by atoms with Crippen molar-refractivity contribution in [2.24, 2.45) is 5.10 Å². The molecular weight excluding hydrogens is 412 g/mol. The van der Waals surface area contributed by atoms with Gasteiger partial charge in [0.15, 0.2) is 0 Å². The molecule has 8 heteroatoms. The first kappa shape index (κ1) is 20.7. The van der Waals surface area contributed by atoms with E-state index in [1.807, 2.05) is 31.2 Å². The van der Waals surface area contributed by atoms with Crippen LogP contribution >= 0.6 is 0 Å². The number of pyridine rings is 1. The SMILES string of the molecule is Cc1ccc(S(=O)(=O)N/N=C2/CCN(C(=O)c3ccccc3)C2c2cccnc2)cc1.